The summed E-state index contributed by atoms with van der Waals surface area (Å²) in [7, 11) is -8.45. The first-order valence-electron chi connectivity index (χ1n) is 5.16. The van der Waals surface area contributed by atoms with Crippen LogP contribution in [0.25, 0.3) is 10.8 Å². The summed E-state index contributed by atoms with van der Waals surface area (Å²) in [6, 6.07) is 5.62. The van der Waals surface area contributed by atoms with Crippen molar-refractivity contribution in [2.45, 2.75) is 9.79 Å². The summed E-state index contributed by atoms with van der Waals surface area (Å²) in [5.41, 5.74) is 0. The molecule has 0 bridgehead atoms. The number of rotatable bonds is 3. The van der Waals surface area contributed by atoms with Crippen molar-refractivity contribution in [2.24, 2.45) is 0 Å². The van der Waals surface area contributed by atoms with Gasteiger partial charge in [0.2, 0.25) is 0 Å². The van der Waals surface area contributed by atoms with Crippen LogP contribution in [0.3, 0.4) is 0 Å². The molecule has 2 aromatic rings. The summed E-state index contributed by atoms with van der Waals surface area (Å²) < 4.78 is 71.6. The van der Waals surface area contributed by atoms with Crippen LogP contribution in [-0.2, 0) is 20.2 Å². The predicted octanol–water partition coefficient (Wildman–Crippen LogP) is -5.34. The molecule has 0 spiro atoms. The van der Waals surface area contributed by atoms with E-state index in [0.29, 0.717) is 11.8 Å². The molecule has 0 aromatic heterocycles. The standard InChI is InChI=1S/C11H10O7S2.2K/c1-18-8-2-3-10-7(4-8)5-9(19(12,13)14)6-11(10)20(15,16)17;;/h2-6H,1H3,(H,12,13,14)(H,15,16,17);;/q;2*+1/p-2. The summed E-state index contributed by atoms with van der Waals surface area (Å²) in [6.45, 7) is 0. The van der Waals surface area contributed by atoms with Gasteiger partial charge < -0.3 is 13.8 Å². The quantitative estimate of drug-likeness (QED) is 0.376. The van der Waals surface area contributed by atoms with Gasteiger partial charge in [0.15, 0.2) is 0 Å². The van der Waals surface area contributed by atoms with Crippen molar-refractivity contribution in [2.75, 3.05) is 7.11 Å². The zero-order valence-electron chi connectivity index (χ0n) is 12.1. The fraction of sp³-hybridized carbons (Fsp3) is 0.0909. The third-order valence-corrected chi connectivity index (χ3v) is 4.34. The molecule has 0 heterocycles. The maximum Gasteiger partial charge on any atom is 1.00 e. The monoisotopic (exact) mass is 394 g/mol. The Balaban J connectivity index is 0.00000220. The molecular formula is C11H8K2O7S2. The zero-order valence-corrected chi connectivity index (χ0v) is 19.9. The minimum Gasteiger partial charge on any atom is -0.744 e. The molecule has 2 rings (SSSR count). The Morgan fingerprint density at radius 2 is 1.50 bits per heavy atom. The SMILES string of the molecule is COc1ccc2c(S(=O)(=O)[O-])cc(S(=O)(=O)[O-])cc2c1.[K+].[K+]. The number of ether oxygens (including phenoxy) is 1. The Morgan fingerprint density at radius 1 is 0.909 bits per heavy atom. The fourth-order valence-electron chi connectivity index (χ4n) is 1.76. The molecule has 22 heavy (non-hydrogen) atoms. The van der Waals surface area contributed by atoms with Crippen molar-refractivity contribution < 1.29 is 133 Å². The van der Waals surface area contributed by atoms with Crippen molar-refractivity contribution >= 4 is 31.0 Å². The van der Waals surface area contributed by atoms with Crippen molar-refractivity contribution in [1.82, 2.24) is 0 Å². The second-order valence-electron chi connectivity index (χ2n) is 3.92. The molecule has 0 aliphatic heterocycles. The van der Waals surface area contributed by atoms with Gasteiger partial charge in [-0.3, -0.25) is 0 Å². The first-order valence-corrected chi connectivity index (χ1v) is 7.98. The topological polar surface area (TPSA) is 124 Å². The Kier molecular flexibility index (Phi) is 9.44. The second-order valence-corrected chi connectivity index (χ2v) is 6.64. The normalized spacial score (nSPS) is 11.4. The summed E-state index contributed by atoms with van der Waals surface area (Å²) in [5.74, 6) is 0.326. The van der Waals surface area contributed by atoms with Crippen LogP contribution in [-0.4, -0.2) is 33.1 Å². The molecule has 11 heteroatoms. The number of benzene rings is 2. The van der Waals surface area contributed by atoms with Gasteiger partial charge in [-0.15, -0.1) is 0 Å². The average molecular weight is 395 g/mol. The van der Waals surface area contributed by atoms with E-state index < -0.39 is 30.0 Å². The summed E-state index contributed by atoms with van der Waals surface area (Å²) in [6.07, 6.45) is 0. The molecule has 7 nitrogen and oxygen atoms in total. The maximum atomic E-state index is 11.2. The molecule has 0 atom stereocenters. The van der Waals surface area contributed by atoms with Gasteiger partial charge in [0, 0.05) is 0 Å². The number of fused-ring (bicyclic) bond motifs is 1. The smallest absolute Gasteiger partial charge is 0.744 e. The molecule has 0 fully saturated rings. The van der Waals surface area contributed by atoms with Crippen molar-refractivity contribution in [3.8, 4) is 5.75 Å². The van der Waals surface area contributed by atoms with E-state index in [1.165, 1.54) is 25.3 Å². The van der Waals surface area contributed by atoms with E-state index in [9.17, 15) is 25.9 Å². The van der Waals surface area contributed by atoms with Crippen molar-refractivity contribution in [3.05, 3.63) is 30.3 Å². The third-order valence-electron chi connectivity index (χ3n) is 2.65. The van der Waals surface area contributed by atoms with Gasteiger partial charge in [-0.25, -0.2) is 16.8 Å². The molecule has 0 amide bonds. The van der Waals surface area contributed by atoms with E-state index in [2.05, 4.69) is 0 Å². The molecule has 0 aliphatic carbocycles. The maximum absolute atomic E-state index is 11.2. The van der Waals surface area contributed by atoms with Gasteiger partial charge >= 0.3 is 103 Å². The Morgan fingerprint density at radius 3 is 1.95 bits per heavy atom. The molecule has 0 saturated carbocycles. The van der Waals surface area contributed by atoms with E-state index in [1.54, 1.807) is 0 Å². The molecule has 0 N–H and O–H groups in total. The Hall–Kier alpha value is 1.59. The zero-order chi connectivity index (χ0) is 15.1. The van der Waals surface area contributed by atoms with Gasteiger partial charge in [-0.2, -0.15) is 0 Å². The molecule has 0 radical (unpaired) electrons. The van der Waals surface area contributed by atoms with Gasteiger partial charge in [-0.1, -0.05) is 0 Å². The number of methoxy groups -OCH3 is 1. The van der Waals surface area contributed by atoms with Crippen LogP contribution in [0.4, 0.5) is 0 Å². The van der Waals surface area contributed by atoms with Crippen LogP contribution in [0.2, 0.25) is 0 Å². The second kappa shape index (κ2) is 8.80. The van der Waals surface area contributed by atoms with E-state index in [-0.39, 0.29) is 114 Å². The van der Waals surface area contributed by atoms with Gasteiger partial charge in [0.05, 0.1) is 16.9 Å². The van der Waals surface area contributed by atoms with Crippen LogP contribution in [0.15, 0.2) is 40.1 Å². The van der Waals surface area contributed by atoms with Crippen molar-refractivity contribution in [3.63, 3.8) is 0 Å². The van der Waals surface area contributed by atoms with Crippen LogP contribution in [0.1, 0.15) is 0 Å². The van der Waals surface area contributed by atoms with Crippen LogP contribution >= 0.6 is 0 Å². The number of hydrogen-bond acceptors (Lipinski definition) is 7. The van der Waals surface area contributed by atoms with Gasteiger partial charge in [0.1, 0.15) is 26.0 Å². The molecule has 2 aromatic carbocycles. The molecule has 108 valence electrons. The summed E-state index contributed by atoms with van der Waals surface area (Å²) in [5, 5.41) is 0.129. The first-order chi connectivity index (χ1) is 9.13. The van der Waals surface area contributed by atoms with Crippen LogP contribution in [0.5, 0.6) is 5.75 Å². The minimum atomic E-state index is -4.93. The van der Waals surface area contributed by atoms with E-state index in [1.807, 2.05) is 0 Å². The van der Waals surface area contributed by atoms with Crippen molar-refractivity contribution in [1.29, 1.82) is 0 Å². The average Bonchev–Trinajstić information content (AvgIpc) is 2.34. The molecule has 0 unspecified atom stereocenters. The molecular weight excluding hydrogens is 386 g/mol. The summed E-state index contributed by atoms with van der Waals surface area (Å²) >= 11 is 0. The van der Waals surface area contributed by atoms with E-state index in [4.69, 9.17) is 4.74 Å². The Labute approximate surface area is 213 Å². The largest absolute Gasteiger partial charge is 1.00 e. The first kappa shape index (κ1) is 23.6. The molecule has 0 aliphatic rings. The predicted molar refractivity (Wildman–Crippen MR) is 66.4 cm³/mol. The van der Waals surface area contributed by atoms with Crippen LogP contribution in [0, 0.1) is 0 Å². The fourth-order valence-corrected chi connectivity index (χ4v) is 3.10. The Bertz CT molecular complexity index is 892. The minimum absolute atomic E-state index is 0. The molecule has 0 saturated heterocycles. The van der Waals surface area contributed by atoms with E-state index >= 15 is 0 Å². The number of hydrogen-bond donors (Lipinski definition) is 0. The van der Waals surface area contributed by atoms with Gasteiger partial charge in [-0.05, 0) is 41.1 Å². The van der Waals surface area contributed by atoms with E-state index in [0.717, 1.165) is 6.07 Å². The third kappa shape index (κ3) is 5.56. The summed E-state index contributed by atoms with van der Waals surface area (Å²) in [4.78, 5) is -1.54. The van der Waals surface area contributed by atoms with Crippen LogP contribution < -0.4 is 108 Å². The van der Waals surface area contributed by atoms with Gasteiger partial charge in [0.25, 0.3) is 0 Å².